The van der Waals surface area contributed by atoms with Gasteiger partial charge >= 0.3 is 6.18 Å². The molecular weight excluding hydrogens is 421 g/mol. The van der Waals surface area contributed by atoms with Crippen LogP contribution in [-0.4, -0.2) is 17.6 Å². The first-order chi connectivity index (χ1) is 15.2. The summed E-state index contributed by atoms with van der Waals surface area (Å²) in [4.78, 5) is 12.1. The molecule has 5 nitrogen and oxygen atoms in total. The van der Waals surface area contributed by atoms with Crippen molar-refractivity contribution in [3.05, 3.63) is 82.2 Å². The van der Waals surface area contributed by atoms with Crippen LogP contribution in [0.4, 0.5) is 13.2 Å². The molecule has 0 aliphatic heterocycles. The molecular formula is C24H21F3N2O3. The van der Waals surface area contributed by atoms with Gasteiger partial charge in [-0.3, -0.25) is 4.79 Å². The van der Waals surface area contributed by atoms with Crippen LogP contribution in [0.3, 0.4) is 0 Å². The van der Waals surface area contributed by atoms with Gasteiger partial charge in [0, 0.05) is 5.56 Å². The Labute approximate surface area is 183 Å². The summed E-state index contributed by atoms with van der Waals surface area (Å²) in [5.41, 5.74) is 1.96. The van der Waals surface area contributed by atoms with E-state index in [2.05, 4.69) is 22.3 Å². The highest BCUT2D eigenvalue weighted by molar-refractivity contribution is 5.78. The highest BCUT2D eigenvalue weighted by Gasteiger charge is 2.30. The monoisotopic (exact) mass is 442 g/mol. The summed E-state index contributed by atoms with van der Waals surface area (Å²) in [6, 6.07) is 11.9. The number of nitrogens with zero attached hydrogens (tertiary/aromatic N) is 1. The molecule has 1 heterocycles. The molecule has 1 N–H and O–H groups in total. The van der Waals surface area contributed by atoms with Gasteiger partial charge in [0.2, 0.25) is 5.91 Å². The number of aromatic nitrogens is 1. The molecule has 1 aromatic heterocycles. The molecule has 0 aliphatic rings. The number of hydrogen-bond donors (Lipinski definition) is 1. The van der Waals surface area contributed by atoms with E-state index in [9.17, 15) is 18.0 Å². The SMILES string of the molecule is Cc1noc(C)c1COc1ccc(CC(=O)NCC#Cc2cccc(C(F)(F)F)c2)cc1. The largest absolute Gasteiger partial charge is 0.489 e. The van der Waals surface area contributed by atoms with Crippen LogP contribution < -0.4 is 10.1 Å². The van der Waals surface area contributed by atoms with E-state index in [0.29, 0.717) is 18.1 Å². The molecule has 0 spiro atoms. The number of nitrogens with one attached hydrogen (secondary N) is 1. The van der Waals surface area contributed by atoms with Crippen molar-refractivity contribution in [2.24, 2.45) is 0 Å². The van der Waals surface area contributed by atoms with Crippen LogP contribution in [0.1, 0.15) is 33.7 Å². The van der Waals surface area contributed by atoms with Gasteiger partial charge in [0.25, 0.3) is 0 Å². The fourth-order valence-electron chi connectivity index (χ4n) is 2.88. The number of benzene rings is 2. The Hall–Kier alpha value is -3.73. The van der Waals surface area contributed by atoms with Crippen molar-refractivity contribution in [3.63, 3.8) is 0 Å². The van der Waals surface area contributed by atoms with Gasteiger partial charge < -0.3 is 14.6 Å². The zero-order valence-corrected chi connectivity index (χ0v) is 17.5. The lowest BCUT2D eigenvalue weighted by atomic mass is 10.1. The van der Waals surface area contributed by atoms with Crippen molar-refractivity contribution in [2.45, 2.75) is 33.1 Å². The second-order valence-electron chi connectivity index (χ2n) is 7.07. The Bertz CT molecular complexity index is 1120. The number of rotatable bonds is 6. The van der Waals surface area contributed by atoms with Crippen LogP contribution in [0.15, 0.2) is 53.1 Å². The molecule has 0 atom stereocenters. The molecule has 0 aliphatic carbocycles. The molecule has 0 saturated carbocycles. The van der Waals surface area contributed by atoms with Crippen molar-refractivity contribution < 1.29 is 27.2 Å². The van der Waals surface area contributed by atoms with Crippen molar-refractivity contribution in [1.82, 2.24) is 10.5 Å². The molecule has 8 heteroatoms. The van der Waals surface area contributed by atoms with Crippen LogP contribution in [0.2, 0.25) is 0 Å². The third-order valence-electron chi connectivity index (χ3n) is 4.65. The van der Waals surface area contributed by atoms with Crippen molar-refractivity contribution in [3.8, 4) is 17.6 Å². The number of halogens is 3. The topological polar surface area (TPSA) is 64.4 Å². The highest BCUT2D eigenvalue weighted by Crippen LogP contribution is 2.29. The van der Waals surface area contributed by atoms with Gasteiger partial charge in [0.15, 0.2) is 0 Å². The smallest absolute Gasteiger partial charge is 0.416 e. The molecule has 2 aromatic carbocycles. The number of ether oxygens (including phenoxy) is 1. The Morgan fingerprint density at radius 2 is 1.91 bits per heavy atom. The Morgan fingerprint density at radius 3 is 2.56 bits per heavy atom. The van der Waals surface area contributed by atoms with Crippen LogP contribution >= 0.6 is 0 Å². The molecule has 0 bridgehead atoms. The minimum Gasteiger partial charge on any atom is -0.489 e. The molecule has 3 aromatic rings. The van der Waals surface area contributed by atoms with Crippen molar-refractivity contribution >= 4 is 5.91 Å². The maximum absolute atomic E-state index is 12.7. The summed E-state index contributed by atoms with van der Waals surface area (Å²) in [5, 5.41) is 6.52. The number of aryl methyl sites for hydroxylation is 2. The number of amides is 1. The molecule has 0 unspecified atom stereocenters. The molecule has 0 saturated heterocycles. The minimum atomic E-state index is -4.42. The summed E-state index contributed by atoms with van der Waals surface area (Å²) < 4.78 is 49.0. The fourth-order valence-corrected chi connectivity index (χ4v) is 2.88. The first kappa shape index (κ1) is 22.9. The lowest BCUT2D eigenvalue weighted by molar-refractivity contribution is -0.137. The summed E-state index contributed by atoms with van der Waals surface area (Å²) >= 11 is 0. The number of hydrogen-bond acceptors (Lipinski definition) is 4. The highest BCUT2D eigenvalue weighted by atomic mass is 19.4. The van der Waals surface area contributed by atoms with Gasteiger partial charge in [0.1, 0.15) is 18.1 Å². The maximum atomic E-state index is 12.7. The van der Waals surface area contributed by atoms with E-state index in [1.54, 1.807) is 24.3 Å². The fraction of sp³-hybridized carbons (Fsp3) is 0.250. The Morgan fingerprint density at radius 1 is 1.16 bits per heavy atom. The molecule has 166 valence electrons. The second kappa shape index (κ2) is 10.1. The van der Waals surface area contributed by atoms with Crippen LogP contribution in [0.25, 0.3) is 0 Å². The third-order valence-corrected chi connectivity index (χ3v) is 4.65. The van der Waals surface area contributed by atoms with E-state index in [-0.39, 0.29) is 24.4 Å². The predicted molar refractivity (Wildman–Crippen MR) is 112 cm³/mol. The second-order valence-corrected chi connectivity index (χ2v) is 7.07. The third kappa shape index (κ3) is 6.38. The van der Waals surface area contributed by atoms with E-state index in [4.69, 9.17) is 9.26 Å². The van der Waals surface area contributed by atoms with Gasteiger partial charge in [-0.25, -0.2) is 0 Å². The van der Waals surface area contributed by atoms with Crippen molar-refractivity contribution in [2.75, 3.05) is 6.54 Å². The summed E-state index contributed by atoms with van der Waals surface area (Å²) in [6.45, 7) is 4.05. The summed E-state index contributed by atoms with van der Waals surface area (Å²) in [6.07, 6.45) is -4.27. The molecule has 1 amide bonds. The van der Waals surface area contributed by atoms with E-state index >= 15 is 0 Å². The Balaban J connectivity index is 1.46. The van der Waals surface area contributed by atoms with E-state index in [0.717, 1.165) is 29.0 Å². The van der Waals surface area contributed by atoms with Gasteiger partial charge in [-0.1, -0.05) is 35.2 Å². The van der Waals surface area contributed by atoms with Gasteiger partial charge in [-0.2, -0.15) is 13.2 Å². The van der Waals surface area contributed by atoms with Crippen LogP contribution in [0, 0.1) is 25.7 Å². The van der Waals surface area contributed by atoms with Gasteiger partial charge in [-0.15, -0.1) is 0 Å². The molecule has 0 fully saturated rings. The van der Waals surface area contributed by atoms with E-state index in [1.165, 1.54) is 12.1 Å². The maximum Gasteiger partial charge on any atom is 0.416 e. The van der Waals surface area contributed by atoms with Crippen LogP contribution in [0.5, 0.6) is 5.75 Å². The zero-order chi connectivity index (χ0) is 23.1. The van der Waals surface area contributed by atoms with Gasteiger partial charge in [0.05, 0.1) is 29.8 Å². The van der Waals surface area contributed by atoms with E-state index in [1.807, 2.05) is 13.8 Å². The number of alkyl halides is 3. The average Bonchev–Trinajstić information content (AvgIpc) is 3.08. The van der Waals surface area contributed by atoms with Crippen molar-refractivity contribution in [1.29, 1.82) is 0 Å². The lowest BCUT2D eigenvalue weighted by Crippen LogP contribution is -2.25. The van der Waals surface area contributed by atoms with Crippen LogP contribution in [-0.2, 0) is 24.0 Å². The zero-order valence-electron chi connectivity index (χ0n) is 17.5. The van der Waals surface area contributed by atoms with E-state index < -0.39 is 11.7 Å². The Kier molecular flexibility index (Phi) is 7.21. The number of carbonyl (C=O) groups is 1. The lowest BCUT2D eigenvalue weighted by Gasteiger charge is -2.07. The first-order valence-electron chi connectivity index (χ1n) is 9.78. The standard InChI is InChI=1S/C24H21F3N2O3/c1-16-22(17(2)32-29-16)15-31-21-10-8-19(9-11-21)14-23(30)28-12-4-6-18-5-3-7-20(13-18)24(25,26)27/h3,5,7-11,13H,12,14-15H2,1-2H3,(H,28,30). The molecule has 0 radical (unpaired) electrons. The minimum absolute atomic E-state index is 0.0354. The van der Waals surface area contributed by atoms with Gasteiger partial charge in [-0.05, 0) is 49.7 Å². The summed E-state index contributed by atoms with van der Waals surface area (Å²) in [5.74, 6) is 6.41. The average molecular weight is 442 g/mol. The normalized spacial score (nSPS) is 10.9. The summed E-state index contributed by atoms with van der Waals surface area (Å²) in [7, 11) is 0. The first-order valence-corrected chi connectivity index (χ1v) is 9.78. The number of carbonyl (C=O) groups excluding carboxylic acids is 1. The predicted octanol–water partition coefficient (Wildman–Crippen LogP) is 4.60. The quantitative estimate of drug-likeness (QED) is 0.567. The molecule has 3 rings (SSSR count). The molecule has 32 heavy (non-hydrogen) atoms.